The number of H-pyrrole nitrogens is 1. The summed E-state index contributed by atoms with van der Waals surface area (Å²) in [5, 5.41) is 34.9. The maximum absolute atomic E-state index is 12.7. The van der Waals surface area contributed by atoms with Crippen LogP contribution in [0.4, 0.5) is 0 Å². The van der Waals surface area contributed by atoms with Crippen molar-refractivity contribution in [3.05, 3.63) is 18.2 Å². The summed E-state index contributed by atoms with van der Waals surface area (Å²) in [6, 6.07) is -6.01. The van der Waals surface area contributed by atoms with Gasteiger partial charge >= 0.3 is 11.9 Å². The molecule has 5 unspecified atom stereocenters. The van der Waals surface area contributed by atoms with E-state index in [1.165, 1.54) is 12.5 Å². The molecule has 5 atom stereocenters. The van der Waals surface area contributed by atoms with Crippen molar-refractivity contribution in [1.82, 2.24) is 25.9 Å². The Labute approximate surface area is 198 Å². The predicted octanol–water partition coefficient (Wildman–Crippen LogP) is -4.06. The zero-order valence-electron chi connectivity index (χ0n) is 18.8. The summed E-state index contributed by atoms with van der Waals surface area (Å²) in [6.07, 6.45) is -0.524. The van der Waals surface area contributed by atoms with Gasteiger partial charge in [0.15, 0.2) is 0 Å². The largest absolute Gasteiger partial charge is 0.481 e. The van der Waals surface area contributed by atoms with Crippen molar-refractivity contribution >= 4 is 35.6 Å². The number of carbonyl (C=O) groups is 6. The fourth-order valence-corrected chi connectivity index (χ4v) is 2.86. The number of carboxylic acids is 2. The number of aliphatic hydroxyl groups is 1. The van der Waals surface area contributed by atoms with E-state index >= 15 is 0 Å². The number of imidazole rings is 1. The molecule has 0 fully saturated rings. The third kappa shape index (κ3) is 10.2. The summed E-state index contributed by atoms with van der Waals surface area (Å²) in [7, 11) is 0. The van der Waals surface area contributed by atoms with E-state index in [4.69, 9.17) is 16.6 Å². The van der Waals surface area contributed by atoms with Crippen molar-refractivity contribution in [3.63, 3.8) is 0 Å². The summed E-state index contributed by atoms with van der Waals surface area (Å²) in [4.78, 5) is 77.6. The predicted molar refractivity (Wildman–Crippen MR) is 116 cm³/mol. The minimum absolute atomic E-state index is 0.176. The van der Waals surface area contributed by atoms with Crippen LogP contribution in [0.25, 0.3) is 0 Å². The highest BCUT2D eigenvalue weighted by atomic mass is 16.4. The summed E-state index contributed by atoms with van der Waals surface area (Å²) in [5.74, 6) is -6.63. The van der Waals surface area contributed by atoms with E-state index < -0.39 is 85.1 Å². The number of nitrogens with two attached hydrogens (primary N) is 2. The average Bonchev–Trinajstić information content (AvgIpc) is 3.26. The molecule has 0 aliphatic heterocycles. The van der Waals surface area contributed by atoms with Crippen LogP contribution in [0, 0.1) is 0 Å². The van der Waals surface area contributed by atoms with Gasteiger partial charge in [0, 0.05) is 24.7 Å². The van der Waals surface area contributed by atoms with Crippen LogP contribution in [-0.4, -0.2) is 91.1 Å². The smallest absolute Gasteiger partial charge is 0.326 e. The summed E-state index contributed by atoms with van der Waals surface area (Å²) < 4.78 is 0. The van der Waals surface area contributed by atoms with Crippen LogP contribution in [0.5, 0.6) is 0 Å². The van der Waals surface area contributed by atoms with E-state index in [-0.39, 0.29) is 6.42 Å². The highest BCUT2D eigenvalue weighted by Crippen LogP contribution is 2.05. The van der Waals surface area contributed by atoms with Gasteiger partial charge in [-0.15, -0.1) is 0 Å². The fourth-order valence-electron chi connectivity index (χ4n) is 2.86. The Morgan fingerprint density at radius 1 is 1.03 bits per heavy atom. The van der Waals surface area contributed by atoms with Gasteiger partial charge in [-0.05, 0) is 13.3 Å². The lowest BCUT2D eigenvalue weighted by molar-refractivity contribution is -0.143. The molecule has 1 aromatic heterocycles. The molecule has 194 valence electrons. The van der Waals surface area contributed by atoms with Gasteiger partial charge in [0.2, 0.25) is 23.6 Å². The normalized spacial score (nSPS) is 15.1. The zero-order chi connectivity index (χ0) is 26.7. The summed E-state index contributed by atoms with van der Waals surface area (Å²) in [5.41, 5.74) is 10.9. The number of primary amides is 1. The lowest BCUT2D eigenvalue weighted by Gasteiger charge is -2.26. The first kappa shape index (κ1) is 29.0. The molecular formula is C19H29N7O9. The molecule has 1 aromatic rings. The maximum Gasteiger partial charge on any atom is 0.326 e. The first-order valence-corrected chi connectivity index (χ1v) is 10.4. The third-order valence-electron chi connectivity index (χ3n) is 4.69. The summed E-state index contributed by atoms with van der Waals surface area (Å²) >= 11 is 0. The van der Waals surface area contributed by atoms with Gasteiger partial charge in [-0.2, -0.15) is 0 Å². The van der Waals surface area contributed by atoms with E-state index in [1.807, 2.05) is 0 Å². The number of aromatic nitrogens is 2. The van der Waals surface area contributed by atoms with E-state index in [9.17, 15) is 39.0 Å². The van der Waals surface area contributed by atoms with Gasteiger partial charge in [-0.25, -0.2) is 9.78 Å². The molecule has 0 saturated heterocycles. The molecule has 0 aliphatic rings. The highest BCUT2D eigenvalue weighted by Gasteiger charge is 2.33. The Balaban J connectivity index is 2.98. The van der Waals surface area contributed by atoms with Gasteiger partial charge < -0.3 is 47.7 Å². The molecule has 0 aromatic carbocycles. The van der Waals surface area contributed by atoms with Crippen LogP contribution < -0.4 is 27.4 Å². The number of hydrogen-bond acceptors (Lipinski definition) is 9. The second-order valence-electron chi connectivity index (χ2n) is 7.68. The lowest BCUT2D eigenvalue weighted by atomic mass is 10.1. The number of aliphatic hydroxyl groups excluding tert-OH is 1. The molecule has 0 saturated carbocycles. The van der Waals surface area contributed by atoms with Crippen molar-refractivity contribution in [2.75, 3.05) is 0 Å². The molecule has 1 heterocycles. The lowest BCUT2D eigenvalue weighted by Crippen LogP contribution is -2.60. The van der Waals surface area contributed by atoms with Crippen molar-refractivity contribution in [2.45, 2.75) is 62.9 Å². The van der Waals surface area contributed by atoms with Crippen molar-refractivity contribution < 1.29 is 44.1 Å². The second kappa shape index (κ2) is 13.6. The Bertz CT molecular complexity index is 920. The third-order valence-corrected chi connectivity index (χ3v) is 4.69. The van der Waals surface area contributed by atoms with Gasteiger partial charge in [-0.3, -0.25) is 24.0 Å². The number of amides is 4. The van der Waals surface area contributed by atoms with Crippen LogP contribution in [0.1, 0.15) is 31.9 Å². The van der Waals surface area contributed by atoms with Crippen LogP contribution >= 0.6 is 0 Å². The van der Waals surface area contributed by atoms with Gasteiger partial charge in [0.1, 0.15) is 18.1 Å². The number of hydrogen-bond donors (Lipinski definition) is 9. The van der Waals surface area contributed by atoms with Crippen LogP contribution in [-0.2, 0) is 35.2 Å². The molecule has 1 rings (SSSR count). The maximum atomic E-state index is 12.7. The quantitative estimate of drug-likeness (QED) is 0.112. The molecule has 4 amide bonds. The fraction of sp³-hybridized carbons (Fsp3) is 0.526. The van der Waals surface area contributed by atoms with Crippen molar-refractivity contribution in [3.8, 4) is 0 Å². The van der Waals surface area contributed by atoms with E-state index in [2.05, 4.69) is 25.9 Å². The topological polar surface area (TPSA) is 280 Å². The number of carboxylic acid groups (broad SMARTS) is 2. The standard InChI is InChI=1S/C19H29N7O9/c1-8(27)15(26-16(31)10(20)5-13(21)28)18(33)24-11(2-3-14(29)30)17(32)25-12(19(34)35)4-9-6-22-7-23-9/h6-8,10-12,15,27H,2-5,20H2,1H3,(H2,21,28)(H,22,23)(H,24,33)(H,25,32)(H,26,31)(H,29,30)(H,34,35). The van der Waals surface area contributed by atoms with Crippen LogP contribution in [0.3, 0.4) is 0 Å². The zero-order valence-corrected chi connectivity index (χ0v) is 18.8. The molecule has 0 aliphatic carbocycles. The number of aliphatic carboxylic acids is 2. The number of rotatable bonds is 15. The van der Waals surface area contributed by atoms with E-state index in [0.717, 1.165) is 6.92 Å². The second-order valence-corrected chi connectivity index (χ2v) is 7.68. The molecular weight excluding hydrogens is 470 g/mol. The minimum Gasteiger partial charge on any atom is -0.481 e. The Hall–Kier alpha value is -4.05. The number of carbonyl (C=O) groups excluding carboxylic acids is 4. The van der Waals surface area contributed by atoms with E-state index in [0.29, 0.717) is 5.69 Å². The molecule has 16 heteroatoms. The van der Waals surface area contributed by atoms with Crippen molar-refractivity contribution in [1.29, 1.82) is 0 Å². The first-order valence-electron chi connectivity index (χ1n) is 10.4. The van der Waals surface area contributed by atoms with Gasteiger partial charge in [-0.1, -0.05) is 0 Å². The SMILES string of the molecule is CC(O)C(NC(=O)C(N)CC(N)=O)C(=O)NC(CCC(=O)O)C(=O)NC(Cc1cnc[nH]1)C(=O)O. The minimum atomic E-state index is -1.64. The van der Waals surface area contributed by atoms with Crippen LogP contribution in [0.2, 0.25) is 0 Å². The first-order chi connectivity index (χ1) is 16.3. The van der Waals surface area contributed by atoms with Crippen molar-refractivity contribution in [2.24, 2.45) is 11.5 Å². The monoisotopic (exact) mass is 499 g/mol. The number of nitrogens with one attached hydrogen (secondary N) is 4. The molecule has 16 nitrogen and oxygen atoms in total. The molecule has 35 heavy (non-hydrogen) atoms. The highest BCUT2D eigenvalue weighted by molar-refractivity contribution is 5.95. The van der Waals surface area contributed by atoms with Gasteiger partial charge in [0.05, 0.1) is 24.9 Å². The van der Waals surface area contributed by atoms with Gasteiger partial charge in [0.25, 0.3) is 0 Å². The average molecular weight is 499 g/mol. The Morgan fingerprint density at radius 2 is 1.66 bits per heavy atom. The molecule has 0 bridgehead atoms. The molecule has 0 radical (unpaired) electrons. The Morgan fingerprint density at radius 3 is 2.14 bits per heavy atom. The van der Waals surface area contributed by atoms with Crippen LogP contribution in [0.15, 0.2) is 12.5 Å². The Kier molecular flexibility index (Phi) is 11.3. The molecule has 0 spiro atoms. The van der Waals surface area contributed by atoms with E-state index in [1.54, 1.807) is 0 Å². The number of nitrogens with zero attached hydrogens (tertiary/aromatic N) is 1. The summed E-state index contributed by atoms with van der Waals surface area (Å²) in [6.45, 7) is 1.15. The molecule has 11 N–H and O–H groups in total. The number of aromatic amines is 1.